The van der Waals surface area contributed by atoms with Gasteiger partial charge in [-0.1, -0.05) is 17.8 Å². The fourth-order valence-electron chi connectivity index (χ4n) is 1.80. The van der Waals surface area contributed by atoms with E-state index < -0.39 is 6.10 Å². The molecule has 0 bridgehead atoms. The maximum Gasteiger partial charge on any atom is 0.125 e. The molecule has 96 valence electrons. The molecule has 1 aromatic heterocycles. The van der Waals surface area contributed by atoms with Crippen molar-refractivity contribution in [3.63, 3.8) is 0 Å². The minimum atomic E-state index is -0.573. The van der Waals surface area contributed by atoms with Crippen molar-refractivity contribution < 1.29 is 14.3 Å². The van der Waals surface area contributed by atoms with Gasteiger partial charge >= 0.3 is 0 Å². The topological polar surface area (TPSA) is 42.6 Å². The number of ether oxygens (including phenoxy) is 1. The van der Waals surface area contributed by atoms with Crippen molar-refractivity contribution in [1.82, 2.24) is 0 Å². The minimum absolute atomic E-state index is 0.573. The first-order chi connectivity index (χ1) is 8.63. The van der Waals surface area contributed by atoms with Crippen LogP contribution in [0.5, 0.6) is 5.75 Å². The van der Waals surface area contributed by atoms with E-state index in [9.17, 15) is 5.11 Å². The Kier molecular flexibility index (Phi) is 3.99. The molecule has 0 fully saturated rings. The molecule has 0 spiro atoms. The summed E-state index contributed by atoms with van der Waals surface area (Å²) >= 11 is 1.57. The average Bonchev–Trinajstić information content (AvgIpc) is 2.74. The van der Waals surface area contributed by atoms with Crippen molar-refractivity contribution in [2.24, 2.45) is 0 Å². The number of methoxy groups -OCH3 is 1. The molecule has 4 heteroatoms. The number of rotatable bonds is 4. The van der Waals surface area contributed by atoms with Gasteiger partial charge in [-0.05, 0) is 32.0 Å². The summed E-state index contributed by atoms with van der Waals surface area (Å²) in [5.74, 6) is 1.58. The van der Waals surface area contributed by atoms with Gasteiger partial charge in [0.1, 0.15) is 11.5 Å². The van der Waals surface area contributed by atoms with Crippen LogP contribution >= 0.6 is 11.8 Å². The Hall–Kier alpha value is -1.39. The SMILES string of the molecule is COc1cccc(Sc2ccoc2C)c1[C@@H](C)O. The van der Waals surface area contributed by atoms with Gasteiger partial charge in [-0.3, -0.25) is 0 Å². The zero-order valence-electron chi connectivity index (χ0n) is 10.6. The predicted octanol–water partition coefficient (Wildman–Crippen LogP) is 3.80. The van der Waals surface area contributed by atoms with Crippen LogP contribution in [-0.2, 0) is 0 Å². The van der Waals surface area contributed by atoms with Gasteiger partial charge in [0, 0.05) is 10.5 Å². The molecule has 1 heterocycles. The molecule has 1 atom stereocenters. The first-order valence-corrected chi connectivity index (χ1v) is 6.52. The second-order valence-electron chi connectivity index (χ2n) is 3.99. The highest BCUT2D eigenvalue weighted by atomic mass is 32.2. The van der Waals surface area contributed by atoms with E-state index in [4.69, 9.17) is 9.15 Å². The summed E-state index contributed by atoms with van der Waals surface area (Å²) in [6, 6.07) is 7.67. The van der Waals surface area contributed by atoms with Crippen molar-refractivity contribution in [3.05, 3.63) is 41.9 Å². The number of furan rings is 1. The van der Waals surface area contributed by atoms with Crippen LogP contribution in [-0.4, -0.2) is 12.2 Å². The van der Waals surface area contributed by atoms with E-state index in [1.165, 1.54) is 0 Å². The molecule has 2 rings (SSSR count). The summed E-state index contributed by atoms with van der Waals surface area (Å²) in [6.45, 7) is 3.66. The molecule has 0 amide bonds. The molecule has 1 N–H and O–H groups in total. The third kappa shape index (κ3) is 2.54. The number of benzene rings is 1. The fraction of sp³-hybridized carbons (Fsp3) is 0.286. The zero-order valence-corrected chi connectivity index (χ0v) is 11.5. The van der Waals surface area contributed by atoms with E-state index in [-0.39, 0.29) is 0 Å². The van der Waals surface area contributed by atoms with Crippen LogP contribution < -0.4 is 4.74 Å². The molecular weight excluding hydrogens is 248 g/mol. The predicted molar refractivity (Wildman–Crippen MR) is 71.2 cm³/mol. The number of aryl methyl sites for hydroxylation is 1. The van der Waals surface area contributed by atoms with E-state index in [0.29, 0.717) is 5.75 Å². The minimum Gasteiger partial charge on any atom is -0.496 e. The smallest absolute Gasteiger partial charge is 0.125 e. The molecule has 2 aromatic rings. The molecular formula is C14H16O3S. The first kappa shape index (κ1) is 13.1. The second-order valence-corrected chi connectivity index (χ2v) is 5.07. The Bertz CT molecular complexity index is 532. The molecule has 0 aliphatic carbocycles. The Morgan fingerprint density at radius 3 is 2.61 bits per heavy atom. The maximum atomic E-state index is 9.90. The molecule has 1 aromatic carbocycles. The van der Waals surface area contributed by atoms with Gasteiger partial charge < -0.3 is 14.3 Å². The lowest BCUT2D eigenvalue weighted by atomic mass is 10.1. The van der Waals surface area contributed by atoms with Crippen LogP contribution in [0.1, 0.15) is 24.4 Å². The Balaban J connectivity index is 2.41. The van der Waals surface area contributed by atoms with Crippen molar-refractivity contribution in [2.45, 2.75) is 29.7 Å². The lowest BCUT2D eigenvalue weighted by Crippen LogP contribution is -1.98. The van der Waals surface area contributed by atoms with Gasteiger partial charge in [-0.25, -0.2) is 0 Å². The zero-order chi connectivity index (χ0) is 13.1. The number of hydrogen-bond donors (Lipinski definition) is 1. The lowest BCUT2D eigenvalue weighted by molar-refractivity contribution is 0.191. The fourth-order valence-corrected chi connectivity index (χ4v) is 2.88. The lowest BCUT2D eigenvalue weighted by Gasteiger charge is -2.15. The standard InChI is InChI=1S/C14H16O3S/c1-9(15)14-11(16-3)5-4-6-13(14)18-12-7-8-17-10(12)2/h4-9,15H,1-3H3/t9-/m1/s1. The molecule has 0 radical (unpaired) electrons. The highest BCUT2D eigenvalue weighted by Gasteiger charge is 2.16. The van der Waals surface area contributed by atoms with Crippen LogP contribution in [0.2, 0.25) is 0 Å². The van der Waals surface area contributed by atoms with Gasteiger partial charge in [-0.2, -0.15) is 0 Å². The summed E-state index contributed by atoms with van der Waals surface area (Å²) in [7, 11) is 1.61. The Morgan fingerprint density at radius 1 is 1.28 bits per heavy atom. The number of aliphatic hydroxyl groups is 1. The monoisotopic (exact) mass is 264 g/mol. The molecule has 0 unspecified atom stereocenters. The van der Waals surface area contributed by atoms with Crippen LogP contribution in [0.25, 0.3) is 0 Å². The Morgan fingerprint density at radius 2 is 2.06 bits per heavy atom. The van der Waals surface area contributed by atoms with Gasteiger partial charge in [-0.15, -0.1) is 0 Å². The van der Waals surface area contributed by atoms with Crippen LogP contribution in [0.4, 0.5) is 0 Å². The number of hydrogen-bond acceptors (Lipinski definition) is 4. The summed E-state index contributed by atoms with van der Waals surface area (Å²) in [6.07, 6.45) is 1.09. The largest absolute Gasteiger partial charge is 0.496 e. The van der Waals surface area contributed by atoms with Crippen LogP contribution in [0.3, 0.4) is 0 Å². The van der Waals surface area contributed by atoms with E-state index in [0.717, 1.165) is 21.1 Å². The first-order valence-electron chi connectivity index (χ1n) is 5.70. The second kappa shape index (κ2) is 5.50. The highest BCUT2D eigenvalue weighted by Crippen LogP contribution is 2.39. The maximum absolute atomic E-state index is 9.90. The van der Waals surface area contributed by atoms with Crippen molar-refractivity contribution in [3.8, 4) is 5.75 Å². The van der Waals surface area contributed by atoms with Gasteiger partial charge in [0.25, 0.3) is 0 Å². The number of aliphatic hydroxyl groups excluding tert-OH is 1. The van der Waals surface area contributed by atoms with E-state index >= 15 is 0 Å². The molecule has 18 heavy (non-hydrogen) atoms. The quantitative estimate of drug-likeness (QED) is 0.912. The highest BCUT2D eigenvalue weighted by molar-refractivity contribution is 7.99. The molecule has 0 aliphatic heterocycles. The van der Waals surface area contributed by atoms with E-state index in [1.807, 2.05) is 31.2 Å². The van der Waals surface area contributed by atoms with Crippen molar-refractivity contribution in [1.29, 1.82) is 0 Å². The molecule has 0 saturated carbocycles. The van der Waals surface area contributed by atoms with Crippen LogP contribution in [0.15, 0.2) is 44.7 Å². The van der Waals surface area contributed by atoms with Crippen molar-refractivity contribution >= 4 is 11.8 Å². The van der Waals surface area contributed by atoms with Gasteiger partial charge in [0.05, 0.1) is 24.4 Å². The average molecular weight is 264 g/mol. The summed E-state index contributed by atoms with van der Waals surface area (Å²) in [4.78, 5) is 2.03. The summed E-state index contributed by atoms with van der Waals surface area (Å²) in [5, 5.41) is 9.90. The summed E-state index contributed by atoms with van der Waals surface area (Å²) < 4.78 is 10.6. The van der Waals surface area contributed by atoms with E-state index in [1.54, 1.807) is 32.1 Å². The molecule has 3 nitrogen and oxygen atoms in total. The van der Waals surface area contributed by atoms with Gasteiger partial charge in [0.2, 0.25) is 0 Å². The third-order valence-corrected chi connectivity index (χ3v) is 3.91. The molecule has 0 saturated heterocycles. The van der Waals surface area contributed by atoms with Crippen LogP contribution in [0, 0.1) is 6.92 Å². The summed E-state index contributed by atoms with van der Waals surface area (Å²) in [5.41, 5.74) is 0.811. The van der Waals surface area contributed by atoms with E-state index in [2.05, 4.69) is 0 Å². The Labute approximate surface area is 111 Å². The normalized spacial score (nSPS) is 12.4. The van der Waals surface area contributed by atoms with Crippen molar-refractivity contribution in [2.75, 3.05) is 7.11 Å². The molecule has 0 aliphatic rings. The van der Waals surface area contributed by atoms with Gasteiger partial charge in [0.15, 0.2) is 0 Å². The third-order valence-electron chi connectivity index (χ3n) is 2.69.